The third-order valence-corrected chi connectivity index (χ3v) is 5.77. The first-order valence-corrected chi connectivity index (χ1v) is 11.6. The largest absolute Gasteiger partial charge is 0.493 e. The molecule has 3 N–H and O–H groups in total. The standard InChI is InChI=1S/C24H25Cl2N7O2/c1-14(12-32(2)3)13-35-16-9-7-15(8-10-16)29-23-28-11-17-21(27)33(24(34)31-22(17)30-23)20-18(25)5-4-6-19(20)26/h4-11,14H,12-13,27H2,1-3H3,(H,29,30,31,34). The molecule has 0 spiro atoms. The number of nitrogens with zero attached hydrogens (tertiary/aromatic N) is 5. The van der Waals surface area contributed by atoms with Crippen LogP contribution in [0.25, 0.3) is 16.7 Å². The molecule has 0 saturated carbocycles. The minimum Gasteiger partial charge on any atom is -0.493 e. The Kier molecular flexibility index (Phi) is 7.39. The summed E-state index contributed by atoms with van der Waals surface area (Å²) < 4.78 is 7.01. The van der Waals surface area contributed by atoms with Crippen molar-refractivity contribution in [3.63, 3.8) is 0 Å². The van der Waals surface area contributed by atoms with Gasteiger partial charge in [0.1, 0.15) is 11.6 Å². The van der Waals surface area contributed by atoms with Crippen LogP contribution < -0.4 is 21.5 Å². The second kappa shape index (κ2) is 10.5. The van der Waals surface area contributed by atoms with Crippen molar-refractivity contribution in [3.8, 4) is 11.4 Å². The summed E-state index contributed by atoms with van der Waals surface area (Å²) in [6, 6.07) is 12.4. The van der Waals surface area contributed by atoms with Crippen molar-refractivity contribution in [1.29, 1.82) is 0 Å². The first-order valence-electron chi connectivity index (χ1n) is 10.9. The molecule has 0 saturated heterocycles. The van der Waals surface area contributed by atoms with Crippen molar-refractivity contribution < 1.29 is 4.74 Å². The monoisotopic (exact) mass is 513 g/mol. The van der Waals surface area contributed by atoms with Crippen LogP contribution in [0.15, 0.2) is 53.5 Å². The number of ether oxygens (including phenoxy) is 1. The number of nitrogens with one attached hydrogen (secondary N) is 1. The molecule has 35 heavy (non-hydrogen) atoms. The highest BCUT2D eigenvalue weighted by Gasteiger charge is 2.17. The number of benzene rings is 2. The average Bonchev–Trinajstić information content (AvgIpc) is 2.80. The fourth-order valence-corrected chi connectivity index (χ4v) is 4.23. The first-order chi connectivity index (χ1) is 16.7. The van der Waals surface area contributed by atoms with E-state index in [0.29, 0.717) is 17.9 Å². The number of nitrogens with two attached hydrogens (primary N) is 1. The Labute approximate surface area is 212 Å². The molecule has 0 amide bonds. The van der Waals surface area contributed by atoms with E-state index >= 15 is 0 Å². The maximum atomic E-state index is 12.8. The number of rotatable bonds is 8. The summed E-state index contributed by atoms with van der Waals surface area (Å²) >= 11 is 12.5. The summed E-state index contributed by atoms with van der Waals surface area (Å²) in [5.74, 6) is 1.54. The molecule has 2 aromatic carbocycles. The van der Waals surface area contributed by atoms with Gasteiger partial charge in [-0.3, -0.25) is 0 Å². The van der Waals surface area contributed by atoms with Gasteiger partial charge in [0.15, 0.2) is 5.65 Å². The Morgan fingerprint density at radius 3 is 2.46 bits per heavy atom. The molecule has 182 valence electrons. The maximum absolute atomic E-state index is 12.8. The zero-order valence-corrected chi connectivity index (χ0v) is 21.0. The number of anilines is 3. The average molecular weight is 514 g/mol. The van der Waals surface area contributed by atoms with Gasteiger partial charge in [0.05, 0.1) is 27.7 Å². The van der Waals surface area contributed by atoms with Gasteiger partial charge >= 0.3 is 5.69 Å². The summed E-state index contributed by atoms with van der Waals surface area (Å²) in [5.41, 5.74) is 6.78. The predicted octanol–water partition coefficient (Wildman–Crippen LogP) is 4.38. The summed E-state index contributed by atoms with van der Waals surface area (Å²) in [4.78, 5) is 27.7. The second-order valence-corrected chi connectivity index (χ2v) is 9.26. The topological polar surface area (TPSA) is 111 Å². The summed E-state index contributed by atoms with van der Waals surface area (Å²) in [6.07, 6.45) is 1.50. The Morgan fingerprint density at radius 1 is 1.11 bits per heavy atom. The van der Waals surface area contributed by atoms with Crippen molar-refractivity contribution >= 4 is 51.7 Å². The van der Waals surface area contributed by atoms with Gasteiger partial charge in [-0.1, -0.05) is 36.2 Å². The minimum absolute atomic E-state index is 0.0894. The number of aromatic nitrogens is 4. The Hall–Kier alpha value is -3.40. The van der Waals surface area contributed by atoms with Crippen molar-refractivity contribution in [2.75, 3.05) is 38.3 Å². The third-order valence-electron chi connectivity index (χ3n) is 5.16. The van der Waals surface area contributed by atoms with Crippen LogP contribution in [0.4, 0.5) is 17.5 Å². The molecule has 1 unspecified atom stereocenters. The first kappa shape index (κ1) is 24.7. The number of halogens is 2. The molecule has 9 nitrogen and oxygen atoms in total. The molecule has 2 aromatic heterocycles. The Morgan fingerprint density at radius 2 is 1.80 bits per heavy atom. The highest BCUT2D eigenvalue weighted by atomic mass is 35.5. The molecule has 0 radical (unpaired) electrons. The number of para-hydroxylation sites is 1. The molecule has 1 atom stereocenters. The van der Waals surface area contributed by atoms with Gasteiger partial charge in [0.25, 0.3) is 0 Å². The van der Waals surface area contributed by atoms with Crippen LogP contribution in [0.1, 0.15) is 6.92 Å². The van der Waals surface area contributed by atoms with Crippen LogP contribution in [0.5, 0.6) is 5.75 Å². The number of hydrogen-bond donors (Lipinski definition) is 2. The summed E-state index contributed by atoms with van der Waals surface area (Å²) in [6.45, 7) is 3.72. The molecular weight excluding hydrogens is 489 g/mol. The van der Waals surface area contributed by atoms with Gasteiger partial charge in [-0.05, 0) is 50.5 Å². The van der Waals surface area contributed by atoms with Crippen LogP contribution in [0, 0.1) is 5.92 Å². The fraction of sp³-hybridized carbons (Fsp3) is 0.250. The quantitative estimate of drug-likeness (QED) is 0.356. The van der Waals surface area contributed by atoms with Gasteiger partial charge in [0.2, 0.25) is 5.95 Å². The molecule has 11 heteroatoms. The molecule has 0 bridgehead atoms. The highest BCUT2D eigenvalue weighted by molar-refractivity contribution is 6.37. The van der Waals surface area contributed by atoms with Crippen molar-refractivity contribution in [2.24, 2.45) is 5.92 Å². The van der Waals surface area contributed by atoms with E-state index in [2.05, 4.69) is 32.1 Å². The summed E-state index contributed by atoms with van der Waals surface area (Å²) in [7, 11) is 4.08. The van der Waals surface area contributed by atoms with Crippen LogP contribution in [0.3, 0.4) is 0 Å². The van der Waals surface area contributed by atoms with Gasteiger partial charge in [-0.25, -0.2) is 14.3 Å². The van der Waals surface area contributed by atoms with Gasteiger partial charge in [-0.2, -0.15) is 9.97 Å². The van der Waals surface area contributed by atoms with Crippen molar-refractivity contribution in [1.82, 2.24) is 24.4 Å². The maximum Gasteiger partial charge on any atom is 0.355 e. The lowest BCUT2D eigenvalue weighted by atomic mass is 10.2. The van der Waals surface area contributed by atoms with Gasteiger partial charge in [-0.15, -0.1) is 0 Å². The molecule has 4 aromatic rings. The van der Waals surface area contributed by atoms with E-state index in [9.17, 15) is 4.79 Å². The van der Waals surface area contributed by atoms with E-state index in [-0.39, 0.29) is 33.1 Å². The van der Waals surface area contributed by atoms with E-state index < -0.39 is 5.69 Å². The normalized spacial score (nSPS) is 12.2. The molecule has 2 heterocycles. The number of fused-ring (bicyclic) bond motifs is 1. The predicted molar refractivity (Wildman–Crippen MR) is 140 cm³/mol. The lowest BCUT2D eigenvalue weighted by Crippen LogP contribution is -2.25. The van der Waals surface area contributed by atoms with Crippen LogP contribution in [-0.2, 0) is 0 Å². The van der Waals surface area contributed by atoms with E-state index in [0.717, 1.165) is 22.5 Å². The lowest BCUT2D eigenvalue weighted by molar-refractivity contribution is 0.222. The SMILES string of the molecule is CC(COc1ccc(Nc2ncc3c(N)n(-c4c(Cl)cccc4Cl)c(=O)nc3n2)cc1)CN(C)C. The van der Waals surface area contributed by atoms with Crippen molar-refractivity contribution in [2.45, 2.75) is 6.92 Å². The second-order valence-electron chi connectivity index (χ2n) is 8.44. The molecule has 4 rings (SSSR count). The Balaban J connectivity index is 1.54. The Bertz CT molecular complexity index is 1390. The number of hydrogen-bond acceptors (Lipinski definition) is 8. The minimum atomic E-state index is -0.653. The van der Waals surface area contributed by atoms with E-state index in [4.69, 9.17) is 33.7 Å². The van der Waals surface area contributed by atoms with E-state index in [1.807, 2.05) is 38.4 Å². The fourth-order valence-electron chi connectivity index (χ4n) is 3.66. The highest BCUT2D eigenvalue weighted by Crippen LogP contribution is 2.30. The zero-order chi connectivity index (χ0) is 25.1. The van der Waals surface area contributed by atoms with Crippen LogP contribution >= 0.6 is 23.2 Å². The van der Waals surface area contributed by atoms with Crippen molar-refractivity contribution in [3.05, 3.63) is 69.2 Å². The van der Waals surface area contributed by atoms with E-state index in [1.165, 1.54) is 6.20 Å². The molecule has 0 aliphatic rings. The zero-order valence-electron chi connectivity index (χ0n) is 19.5. The van der Waals surface area contributed by atoms with Crippen LogP contribution in [0.2, 0.25) is 10.0 Å². The molecule has 0 aliphatic carbocycles. The summed E-state index contributed by atoms with van der Waals surface area (Å²) in [5, 5.41) is 4.03. The molecular formula is C24H25Cl2N7O2. The van der Waals surface area contributed by atoms with Crippen LogP contribution in [-0.4, -0.2) is 51.7 Å². The van der Waals surface area contributed by atoms with Gasteiger partial charge < -0.3 is 20.7 Å². The van der Waals surface area contributed by atoms with E-state index in [1.54, 1.807) is 18.2 Å². The number of nitrogen functional groups attached to an aromatic ring is 1. The third kappa shape index (κ3) is 5.64. The smallest absolute Gasteiger partial charge is 0.355 e. The molecule has 0 fully saturated rings. The lowest BCUT2D eigenvalue weighted by Gasteiger charge is -2.17. The molecule has 0 aliphatic heterocycles. The van der Waals surface area contributed by atoms with Gasteiger partial charge in [0, 0.05) is 24.3 Å².